The predicted octanol–water partition coefficient (Wildman–Crippen LogP) is 4.16. The highest BCUT2D eigenvalue weighted by molar-refractivity contribution is 8.01. The quantitative estimate of drug-likeness (QED) is 0.554. The number of hydrogen-bond donors (Lipinski definition) is 1. The number of rotatable bonds is 7. The van der Waals surface area contributed by atoms with Gasteiger partial charge in [-0.3, -0.25) is 9.59 Å². The fourth-order valence-corrected chi connectivity index (χ4v) is 4.79. The molecule has 2 atom stereocenters. The molecule has 1 saturated heterocycles. The lowest BCUT2D eigenvalue weighted by Crippen LogP contribution is -2.29. The molecule has 1 fully saturated rings. The number of carbonyl (C=O) groups is 2. The predicted molar refractivity (Wildman–Crippen MR) is 111 cm³/mol. The van der Waals surface area contributed by atoms with Crippen molar-refractivity contribution in [1.82, 2.24) is 10.2 Å². The second-order valence-corrected chi connectivity index (χ2v) is 9.06. The van der Waals surface area contributed by atoms with Gasteiger partial charge in [0.05, 0.1) is 5.92 Å². The molecule has 1 N–H and O–H groups in total. The van der Waals surface area contributed by atoms with Crippen LogP contribution < -0.4 is 10.2 Å². The highest BCUT2D eigenvalue weighted by Gasteiger charge is 2.36. The third-order valence-corrected chi connectivity index (χ3v) is 6.63. The van der Waals surface area contributed by atoms with Crippen LogP contribution in [0.4, 0.5) is 10.8 Å². The topological polar surface area (TPSA) is 75.2 Å². The molecule has 3 rings (SSSR count). The number of carbonyl (C=O) groups excluding carboxylic acids is 2. The van der Waals surface area contributed by atoms with E-state index in [9.17, 15) is 9.59 Å². The Kier molecular flexibility index (Phi) is 6.49. The van der Waals surface area contributed by atoms with Crippen molar-refractivity contribution in [2.24, 2.45) is 5.92 Å². The van der Waals surface area contributed by atoms with Crippen LogP contribution in [-0.4, -0.2) is 34.3 Å². The number of amides is 2. The molecule has 0 unspecified atom stereocenters. The molecule has 2 heterocycles. The number of nitrogens with zero attached hydrogens (tertiary/aromatic N) is 3. The highest BCUT2D eigenvalue weighted by atomic mass is 32.2. The third-order valence-electron chi connectivity index (χ3n) is 4.77. The number of nitrogens with one attached hydrogen (secondary N) is 1. The van der Waals surface area contributed by atoms with Crippen LogP contribution in [0, 0.1) is 5.92 Å². The monoisotopic (exact) mass is 404 g/mol. The maximum Gasteiger partial charge on any atom is 0.231 e. The van der Waals surface area contributed by atoms with Gasteiger partial charge in [-0.1, -0.05) is 62.1 Å². The first-order chi connectivity index (χ1) is 13.0. The molecule has 6 nitrogen and oxygen atoms in total. The van der Waals surface area contributed by atoms with E-state index in [0.717, 1.165) is 27.8 Å². The van der Waals surface area contributed by atoms with Crippen LogP contribution in [0.25, 0.3) is 0 Å². The summed E-state index contributed by atoms with van der Waals surface area (Å²) in [7, 11) is 0. The lowest BCUT2D eigenvalue weighted by atomic mass is 9.96. The molecular weight excluding hydrogens is 380 g/mol. The first-order valence-corrected chi connectivity index (χ1v) is 11.0. The summed E-state index contributed by atoms with van der Waals surface area (Å²) >= 11 is 2.95. The Labute approximate surface area is 167 Å². The number of para-hydroxylation sites is 1. The fourth-order valence-electron chi connectivity index (χ4n) is 3.14. The Balaban J connectivity index is 1.71. The van der Waals surface area contributed by atoms with Crippen molar-refractivity contribution >= 4 is 45.7 Å². The summed E-state index contributed by atoms with van der Waals surface area (Å²) in [5.41, 5.74) is 2.07. The molecular formula is C19H24N4O2S2. The summed E-state index contributed by atoms with van der Waals surface area (Å²) in [6.45, 7) is 6.73. The first-order valence-electron chi connectivity index (χ1n) is 9.19. The van der Waals surface area contributed by atoms with Gasteiger partial charge in [0.1, 0.15) is 0 Å². The molecule has 0 spiro atoms. The van der Waals surface area contributed by atoms with Crippen LogP contribution in [0.15, 0.2) is 28.6 Å². The minimum absolute atomic E-state index is 0.00889. The van der Waals surface area contributed by atoms with Crippen LogP contribution in [0.5, 0.6) is 0 Å². The average molecular weight is 405 g/mol. The molecule has 1 aliphatic heterocycles. The molecule has 1 aliphatic rings. The largest absolute Gasteiger partial charge is 0.311 e. The summed E-state index contributed by atoms with van der Waals surface area (Å²) in [5.74, 6) is 0.706. The molecule has 8 heteroatoms. The van der Waals surface area contributed by atoms with E-state index >= 15 is 0 Å². The summed E-state index contributed by atoms with van der Waals surface area (Å²) in [6.07, 6.45) is 1.22. The average Bonchev–Trinajstić information content (AvgIpc) is 3.27. The standard InChI is InChI=1S/C19H24N4O2S2/c1-4-12(3)14-8-6-7-9-15(14)23-11-13(10-16(23)24)17(25)20-18-21-22-19(27-18)26-5-2/h6-9,12-13H,4-5,10-11H2,1-3H3,(H,20,21,25)/t12-,13+/m1/s1. The van der Waals surface area contributed by atoms with E-state index in [4.69, 9.17) is 0 Å². The van der Waals surface area contributed by atoms with Gasteiger partial charge in [0.2, 0.25) is 16.9 Å². The molecule has 2 amide bonds. The van der Waals surface area contributed by atoms with E-state index < -0.39 is 0 Å². The highest BCUT2D eigenvalue weighted by Crippen LogP contribution is 2.34. The van der Waals surface area contributed by atoms with Crippen LogP contribution in [0.2, 0.25) is 0 Å². The third kappa shape index (κ3) is 4.50. The molecule has 27 heavy (non-hydrogen) atoms. The van der Waals surface area contributed by atoms with Gasteiger partial charge in [0.15, 0.2) is 4.34 Å². The number of aromatic nitrogens is 2. The van der Waals surface area contributed by atoms with Crippen LogP contribution >= 0.6 is 23.1 Å². The van der Waals surface area contributed by atoms with Crippen LogP contribution in [0.3, 0.4) is 0 Å². The molecule has 0 radical (unpaired) electrons. The van der Waals surface area contributed by atoms with E-state index in [1.54, 1.807) is 16.7 Å². The van der Waals surface area contributed by atoms with E-state index in [1.165, 1.54) is 11.3 Å². The molecule has 2 aromatic rings. The van der Waals surface area contributed by atoms with Crippen molar-refractivity contribution in [1.29, 1.82) is 0 Å². The van der Waals surface area contributed by atoms with Gasteiger partial charge in [0, 0.05) is 18.7 Å². The molecule has 1 aromatic carbocycles. The summed E-state index contributed by atoms with van der Waals surface area (Å²) < 4.78 is 0.833. The normalized spacial score (nSPS) is 18.0. The maximum atomic E-state index is 12.6. The van der Waals surface area contributed by atoms with Gasteiger partial charge in [-0.15, -0.1) is 10.2 Å². The molecule has 0 bridgehead atoms. The van der Waals surface area contributed by atoms with Gasteiger partial charge in [-0.2, -0.15) is 0 Å². The Morgan fingerprint density at radius 3 is 2.89 bits per heavy atom. The molecule has 144 valence electrons. The second-order valence-electron chi connectivity index (χ2n) is 6.57. The van der Waals surface area contributed by atoms with Gasteiger partial charge in [-0.05, 0) is 29.7 Å². The van der Waals surface area contributed by atoms with Gasteiger partial charge < -0.3 is 10.2 Å². The van der Waals surface area contributed by atoms with Gasteiger partial charge in [0.25, 0.3) is 0 Å². The zero-order chi connectivity index (χ0) is 19.4. The number of benzene rings is 1. The van der Waals surface area contributed by atoms with Crippen LogP contribution in [0.1, 0.15) is 45.1 Å². The Morgan fingerprint density at radius 2 is 2.15 bits per heavy atom. The van der Waals surface area contributed by atoms with Gasteiger partial charge >= 0.3 is 0 Å². The Bertz CT molecular complexity index is 824. The second kappa shape index (κ2) is 8.84. The minimum atomic E-state index is -0.381. The fraction of sp³-hybridized carbons (Fsp3) is 0.474. The van der Waals surface area contributed by atoms with E-state index in [0.29, 0.717) is 17.6 Å². The van der Waals surface area contributed by atoms with Gasteiger partial charge in [-0.25, -0.2) is 0 Å². The Hall–Kier alpha value is -1.93. The van der Waals surface area contributed by atoms with E-state index in [1.807, 2.05) is 25.1 Å². The summed E-state index contributed by atoms with van der Waals surface area (Å²) in [6, 6.07) is 7.98. The minimum Gasteiger partial charge on any atom is -0.311 e. The smallest absolute Gasteiger partial charge is 0.231 e. The summed E-state index contributed by atoms with van der Waals surface area (Å²) in [4.78, 5) is 27.0. The zero-order valence-electron chi connectivity index (χ0n) is 15.8. The van der Waals surface area contributed by atoms with Crippen molar-refractivity contribution < 1.29 is 9.59 Å². The molecule has 0 aliphatic carbocycles. The number of anilines is 2. The number of hydrogen-bond acceptors (Lipinski definition) is 6. The molecule has 1 aromatic heterocycles. The van der Waals surface area contributed by atoms with Crippen molar-refractivity contribution in [3.63, 3.8) is 0 Å². The lowest BCUT2D eigenvalue weighted by Gasteiger charge is -2.23. The van der Waals surface area contributed by atoms with Crippen molar-refractivity contribution in [2.75, 3.05) is 22.5 Å². The lowest BCUT2D eigenvalue weighted by molar-refractivity contribution is -0.122. The molecule has 0 saturated carbocycles. The first kappa shape index (κ1) is 19.8. The van der Waals surface area contributed by atoms with Crippen molar-refractivity contribution in [2.45, 2.75) is 43.9 Å². The van der Waals surface area contributed by atoms with Crippen LogP contribution in [-0.2, 0) is 9.59 Å². The summed E-state index contributed by atoms with van der Waals surface area (Å²) in [5, 5.41) is 11.4. The van der Waals surface area contributed by atoms with E-state index in [2.05, 4.69) is 35.4 Å². The SMILES string of the molecule is CCSc1nnc(NC(=O)[C@H]2CC(=O)N(c3ccccc3[C@H](C)CC)C2)s1. The van der Waals surface area contributed by atoms with Crippen molar-refractivity contribution in [3.05, 3.63) is 29.8 Å². The Morgan fingerprint density at radius 1 is 1.37 bits per heavy atom. The maximum absolute atomic E-state index is 12.6. The van der Waals surface area contributed by atoms with E-state index in [-0.39, 0.29) is 24.2 Å². The zero-order valence-corrected chi connectivity index (χ0v) is 17.4. The number of thioether (sulfide) groups is 1. The van der Waals surface area contributed by atoms with Crippen molar-refractivity contribution in [3.8, 4) is 0 Å².